The first-order chi connectivity index (χ1) is 5.54. The smallest absolute Gasteiger partial charge is 0.332 e. The van der Waals surface area contributed by atoms with Crippen LogP contribution in [0.25, 0.3) is 0 Å². The first kappa shape index (κ1) is 10.9. The molecule has 0 aromatic heterocycles. The van der Waals surface area contributed by atoms with E-state index in [4.69, 9.17) is 10.2 Å². The minimum absolute atomic E-state index is 0.153. The molecule has 1 atom stereocenters. The van der Waals surface area contributed by atoms with Crippen LogP contribution in [0.4, 0.5) is 0 Å². The molecular weight excluding hydrogens is 162 g/mol. The van der Waals surface area contributed by atoms with Crippen molar-refractivity contribution < 1.29 is 19.8 Å². The second-order valence-corrected chi connectivity index (χ2v) is 2.48. The number of carbonyl (C=O) groups excluding carboxylic acids is 1. The predicted molar refractivity (Wildman–Crippen MR) is 41.6 cm³/mol. The van der Waals surface area contributed by atoms with Crippen molar-refractivity contribution in [1.29, 1.82) is 0 Å². The molecule has 0 radical (unpaired) electrons. The molecule has 5 nitrogen and oxygen atoms in total. The lowest BCUT2D eigenvalue weighted by Gasteiger charge is -2.04. The van der Waals surface area contributed by atoms with E-state index in [9.17, 15) is 9.59 Å². The number of hydrogen-bond donors (Lipinski definition) is 3. The summed E-state index contributed by atoms with van der Waals surface area (Å²) < 4.78 is 0. The van der Waals surface area contributed by atoms with Gasteiger partial charge in [0.2, 0.25) is 5.91 Å². The first-order valence-electron chi connectivity index (χ1n) is 3.69. The summed E-state index contributed by atoms with van der Waals surface area (Å²) in [6.07, 6.45) is -0.693. The van der Waals surface area contributed by atoms with Gasteiger partial charge in [0.1, 0.15) is 0 Å². The van der Waals surface area contributed by atoms with Gasteiger partial charge in [-0.2, -0.15) is 0 Å². The van der Waals surface area contributed by atoms with E-state index in [-0.39, 0.29) is 12.3 Å². The molecule has 0 bridgehead atoms. The van der Waals surface area contributed by atoms with E-state index in [1.54, 1.807) is 0 Å². The number of nitrogens with one attached hydrogen (secondary N) is 1. The van der Waals surface area contributed by atoms with Crippen LogP contribution in [0.3, 0.4) is 0 Å². The minimum Gasteiger partial charge on any atom is -0.479 e. The second-order valence-electron chi connectivity index (χ2n) is 2.48. The Bertz CT molecular complexity index is 169. The second kappa shape index (κ2) is 5.54. The van der Waals surface area contributed by atoms with E-state index in [0.29, 0.717) is 13.0 Å². The fourth-order valence-electron chi connectivity index (χ4n) is 0.683. The molecule has 0 aliphatic carbocycles. The van der Waals surface area contributed by atoms with Crippen molar-refractivity contribution in [2.75, 3.05) is 6.54 Å². The van der Waals surface area contributed by atoms with Crippen LogP contribution in [0.2, 0.25) is 0 Å². The summed E-state index contributed by atoms with van der Waals surface area (Å²) in [6, 6.07) is 0. The Labute approximate surface area is 70.4 Å². The summed E-state index contributed by atoms with van der Waals surface area (Å²) in [4.78, 5) is 20.4. The van der Waals surface area contributed by atoms with Crippen LogP contribution in [0.1, 0.15) is 19.8 Å². The van der Waals surface area contributed by atoms with Crippen molar-refractivity contribution in [3.05, 3.63) is 0 Å². The van der Waals surface area contributed by atoms with Gasteiger partial charge in [-0.3, -0.25) is 4.79 Å². The maximum absolute atomic E-state index is 10.3. The average Bonchev–Trinajstić information content (AvgIpc) is 1.97. The van der Waals surface area contributed by atoms with Crippen LogP contribution >= 0.6 is 0 Å². The topological polar surface area (TPSA) is 86.6 Å². The van der Waals surface area contributed by atoms with Gasteiger partial charge in [-0.25, -0.2) is 4.79 Å². The van der Waals surface area contributed by atoms with Crippen molar-refractivity contribution in [1.82, 2.24) is 5.32 Å². The zero-order valence-electron chi connectivity index (χ0n) is 6.91. The number of aliphatic carboxylic acids is 1. The molecule has 1 amide bonds. The minimum atomic E-state index is -1.32. The van der Waals surface area contributed by atoms with Gasteiger partial charge in [-0.15, -0.1) is 0 Å². The van der Waals surface area contributed by atoms with Crippen LogP contribution in [0.15, 0.2) is 0 Å². The van der Waals surface area contributed by atoms with Gasteiger partial charge in [-0.1, -0.05) is 0 Å². The van der Waals surface area contributed by atoms with Crippen LogP contribution in [0, 0.1) is 0 Å². The molecule has 12 heavy (non-hydrogen) atoms. The summed E-state index contributed by atoms with van der Waals surface area (Å²) in [7, 11) is 0. The zero-order chi connectivity index (χ0) is 9.56. The third-order valence-corrected chi connectivity index (χ3v) is 1.31. The van der Waals surface area contributed by atoms with E-state index < -0.39 is 12.1 Å². The average molecular weight is 175 g/mol. The van der Waals surface area contributed by atoms with Crippen LogP contribution in [-0.2, 0) is 9.59 Å². The van der Waals surface area contributed by atoms with Gasteiger partial charge in [0.15, 0.2) is 6.10 Å². The number of carboxylic acid groups (broad SMARTS) is 1. The molecule has 0 saturated heterocycles. The Kier molecular flexibility index (Phi) is 5.03. The number of hydrogen-bond acceptors (Lipinski definition) is 3. The Balaban J connectivity index is 3.31. The molecule has 0 aliphatic rings. The van der Waals surface area contributed by atoms with Gasteiger partial charge < -0.3 is 15.5 Å². The largest absolute Gasteiger partial charge is 0.479 e. The molecular formula is C7H13NO4. The van der Waals surface area contributed by atoms with E-state index in [2.05, 4.69) is 5.32 Å². The zero-order valence-corrected chi connectivity index (χ0v) is 6.91. The lowest BCUT2D eigenvalue weighted by Crippen LogP contribution is -2.24. The maximum atomic E-state index is 10.3. The molecule has 0 aromatic rings. The van der Waals surface area contributed by atoms with E-state index in [1.807, 2.05) is 0 Å². The molecule has 0 rings (SSSR count). The van der Waals surface area contributed by atoms with Crippen LogP contribution in [0.5, 0.6) is 0 Å². The van der Waals surface area contributed by atoms with Gasteiger partial charge in [0, 0.05) is 13.5 Å². The Morgan fingerprint density at radius 2 is 2.08 bits per heavy atom. The lowest BCUT2D eigenvalue weighted by atomic mass is 10.2. The molecule has 0 unspecified atom stereocenters. The summed E-state index contributed by atoms with van der Waals surface area (Å²) >= 11 is 0. The number of rotatable bonds is 5. The van der Waals surface area contributed by atoms with Crippen molar-refractivity contribution in [2.24, 2.45) is 0 Å². The summed E-state index contributed by atoms with van der Waals surface area (Å²) in [5, 5.41) is 19.5. The molecule has 0 aromatic carbocycles. The third kappa shape index (κ3) is 5.67. The maximum Gasteiger partial charge on any atom is 0.332 e. The van der Waals surface area contributed by atoms with Crippen molar-refractivity contribution >= 4 is 11.9 Å². The number of carboxylic acids is 1. The van der Waals surface area contributed by atoms with Crippen molar-refractivity contribution in [3.63, 3.8) is 0 Å². The van der Waals surface area contributed by atoms with Gasteiger partial charge in [0.05, 0.1) is 0 Å². The normalized spacial score (nSPS) is 12.2. The summed E-state index contributed by atoms with van der Waals surface area (Å²) in [6.45, 7) is 1.79. The highest BCUT2D eigenvalue weighted by molar-refractivity contribution is 5.73. The van der Waals surface area contributed by atoms with E-state index in [1.165, 1.54) is 6.92 Å². The third-order valence-electron chi connectivity index (χ3n) is 1.31. The monoisotopic (exact) mass is 175 g/mol. The Morgan fingerprint density at radius 1 is 1.50 bits per heavy atom. The van der Waals surface area contributed by atoms with Gasteiger partial charge >= 0.3 is 5.97 Å². The molecule has 0 saturated carbocycles. The fraction of sp³-hybridized carbons (Fsp3) is 0.714. The predicted octanol–water partition coefficient (Wildman–Crippen LogP) is -0.652. The molecule has 0 aliphatic heterocycles. The highest BCUT2D eigenvalue weighted by Crippen LogP contribution is 1.95. The Hall–Kier alpha value is -1.10. The molecule has 3 N–H and O–H groups in total. The Morgan fingerprint density at radius 3 is 2.50 bits per heavy atom. The van der Waals surface area contributed by atoms with E-state index >= 15 is 0 Å². The van der Waals surface area contributed by atoms with Crippen LogP contribution in [-0.4, -0.2) is 34.7 Å². The van der Waals surface area contributed by atoms with Gasteiger partial charge in [-0.05, 0) is 12.8 Å². The van der Waals surface area contributed by atoms with Crippen LogP contribution < -0.4 is 5.32 Å². The highest BCUT2D eigenvalue weighted by atomic mass is 16.4. The highest BCUT2D eigenvalue weighted by Gasteiger charge is 2.11. The number of amides is 1. The molecule has 0 spiro atoms. The van der Waals surface area contributed by atoms with E-state index in [0.717, 1.165) is 0 Å². The van der Waals surface area contributed by atoms with Gasteiger partial charge in [0.25, 0.3) is 0 Å². The van der Waals surface area contributed by atoms with Crippen molar-refractivity contribution in [2.45, 2.75) is 25.9 Å². The standard InChI is InChI=1S/C7H13NO4/c1-5(9)8-4-2-3-6(10)7(11)12/h6,10H,2-4H2,1H3,(H,8,9)(H,11,12)/t6-/m1/s1. The number of aliphatic hydroxyl groups excluding tert-OH is 1. The lowest BCUT2D eigenvalue weighted by molar-refractivity contribution is -0.146. The molecule has 0 heterocycles. The number of aliphatic hydroxyl groups is 1. The molecule has 0 fully saturated rings. The molecule has 70 valence electrons. The SMILES string of the molecule is CC(=O)NCCC[C@@H](O)C(=O)O. The summed E-state index contributed by atoms with van der Waals surface area (Å²) in [5.74, 6) is -1.38. The number of carbonyl (C=O) groups is 2. The quantitative estimate of drug-likeness (QED) is 0.484. The van der Waals surface area contributed by atoms with Crippen molar-refractivity contribution in [3.8, 4) is 0 Å². The fourth-order valence-corrected chi connectivity index (χ4v) is 0.683. The molecule has 5 heteroatoms. The first-order valence-corrected chi connectivity index (χ1v) is 3.69. The summed E-state index contributed by atoms with van der Waals surface area (Å²) in [5.41, 5.74) is 0.